The van der Waals surface area contributed by atoms with E-state index in [4.69, 9.17) is 9.84 Å². The number of likely N-dealkylation sites (tertiary alicyclic amines) is 1. The van der Waals surface area contributed by atoms with Gasteiger partial charge in [0.1, 0.15) is 0 Å². The molecule has 128 valence electrons. The SMILES string of the molecule is COCCC[C@]1(CO)CCCN(C(=O)c2ccc(CO)cc2)C1. The van der Waals surface area contributed by atoms with Gasteiger partial charge in [-0.2, -0.15) is 0 Å². The highest BCUT2D eigenvalue weighted by Crippen LogP contribution is 2.34. The van der Waals surface area contributed by atoms with Gasteiger partial charge in [0.2, 0.25) is 0 Å². The highest BCUT2D eigenvalue weighted by molar-refractivity contribution is 5.94. The van der Waals surface area contributed by atoms with E-state index in [1.54, 1.807) is 31.4 Å². The summed E-state index contributed by atoms with van der Waals surface area (Å²) in [5, 5.41) is 19.0. The largest absolute Gasteiger partial charge is 0.396 e. The van der Waals surface area contributed by atoms with E-state index in [0.29, 0.717) is 18.7 Å². The lowest BCUT2D eigenvalue weighted by Gasteiger charge is -2.42. The molecular formula is C18H27NO4. The second-order valence-electron chi connectivity index (χ2n) is 6.44. The molecule has 23 heavy (non-hydrogen) atoms. The average molecular weight is 321 g/mol. The van der Waals surface area contributed by atoms with E-state index in [9.17, 15) is 9.90 Å². The van der Waals surface area contributed by atoms with Crippen molar-refractivity contribution >= 4 is 5.91 Å². The Labute approximate surface area is 137 Å². The lowest BCUT2D eigenvalue weighted by Crippen LogP contribution is -2.48. The van der Waals surface area contributed by atoms with E-state index in [1.807, 2.05) is 4.90 Å². The van der Waals surface area contributed by atoms with E-state index in [1.165, 1.54) is 0 Å². The maximum Gasteiger partial charge on any atom is 0.253 e. The number of amides is 1. The average Bonchev–Trinajstić information content (AvgIpc) is 2.61. The van der Waals surface area contributed by atoms with Gasteiger partial charge in [-0.1, -0.05) is 12.1 Å². The summed E-state index contributed by atoms with van der Waals surface area (Å²) in [5.41, 5.74) is 1.22. The van der Waals surface area contributed by atoms with Crippen molar-refractivity contribution in [2.75, 3.05) is 33.4 Å². The maximum atomic E-state index is 12.7. The highest BCUT2D eigenvalue weighted by Gasteiger charge is 2.36. The third kappa shape index (κ3) is 4.53. The molecule has 1 aromatic carbocycles. The van der Waals surface area contributed by atoms with Gasteiger partial charge < -0.3 is 19.8 Å². The van der Waals surface area contributed by atoms with Gasteiger partial charge in [0.05, 0.1) is 13.2 Å². The molecule has 1 atom stereocenters. The first-order valence-electron chi connectivity index (χ1n) is 8.23. The molecule has 0 spiro atoms. The fourth-order valence-electron chi connectivity index (χ4n) is 3.32. The second kappa shape index (κ2) is 8.43. The van der Waals surface area contributed by atoms with E-state index in [0.717, 1.165) is 37.8 Å². The standard InChI is InChI=1S/C18H27NO4/c1-23-11-3-9-18(14-21)8-2-10-19(13-18)17(22)16-6-4-15(12-20)5-7-16/h4-7,20-21H,2-3,8-14H2,1H3/t18-/m1/s1. The van der Waals surface area contributed by atoms with Gasteiger partial charge in [-0.05, 0) is 43.4 Å². The number of methoxy groups -OCH3 is 1. The minimum absolute atomic E-state index is 0.00115. The Morgan fingerprint density at radius 2 is 2.04 bits per heavy atom. The first kappa shape index (κ1) is 17.9. The third-order valence-electron chi connectivity index (χ3n) is 4.72. The Morgan fingerprint density at radius 3 is 2.65 bits per heavy atom. The molecule has 1 aliphatic rings. The Bertz CT molecular complexity index is 502. The van der Waals surface area contributed by atoms with Crippen molar-refractivity contribution < 1.29 is 19.7 Å². The number of nitrogens with zero attached hydrogens (tertiary/aromatic N) is 1. The van der Waals surface area contributed by atoms with Gasteiger partial charge in [0, 0.05) is 37.8 Å². The fourth-order valence-corrected chi connectivity index (χ4v) is 3.32. The van der Waals surface area contributed by atoms with Crippen LogP contribution in [-0.2, 0) is 11.3 Å². The topological polar surface area (TPSA) is 70.0 Å². The van der Waals surface area contributed by atoms with Crippen molar-refractivity contribution in [3.8, 4) is 0 Å². The van der Waals surface area contributed by atoms with Crippen LogP contribution in [0, 0.1) is 5.41 Å². The molecule has 5 nitrogen and oxygen atoms in total. The summed E-state index contributed by atoms with van der Waals surface area (Å²) < 4.78 is 5.11. The number of benzene rings is 1. The third-order valence-corrected chi connectivity index (χ3v) is 4.72. The molecule has 5 heteroatoms. The van der Waals surface area contributed by atoms with Crippen LogP contribution in [0.15, 0.2) is 24.3 Å². The van der Waals surface area contributed by atoms with E-state index < -0.39 is 0 Å². The number of hydrogen-bond donors (Lipinski definition) is 2. The zero-order valence-electron chi connectivity index (χ0n) is 13.8. The number of hydrogen-bond acceptors (Lipinski definition) is 4. The summed E-state index contributed by atoms with van der Waals surface area (Å²) >= 11 is 0. The normalized spacial score (nSPS) is 21.4. The summed E-state index contributed by atoms with van der Waals surface area (Å²) in [7, 11) is 1.68. The van der Waals surface area contributed by atoms with Crippen LogP contribution < -0.4 is 0 Å². The fraction of sp³-hybridized carbons (Fsp3) is 0.611. The van der Waals surface area contributed by atoms with Crippen molar-refractivity contribution in [2.45, 2.75) is 32.3 Å². The van der Waals surface area contributed by atoms with Crippen LogP contribution in [0.1, 0.15) is 41.6 Å². The van der Waals surface area contributed by atoms with Gasteiger partial charge in [0.15, 0.2) is 0 Å². The van der Waals surface area contributed by atoms with Crippen LogP contribution in [-0.4, -0.2) is 54.4 Å². The molecule has 1 heterocycles. The molecule has 1 saturated heterocycles. The van der Waals surface area contributed by atoms with Crippen LogP contribution in [0.3, 0.4) is 0 Å². The molecule has 0 radical (unpaired) electrons. The van der Waals surface area contributed by atoms with E-state index in [-0.39, 0.29) is 24.5 Å². The molecule has 0 aromatic heterocycles. The van der Waals surface area contributed by atoms with Crippen molar-refractivity contribution in [1.82, 2.24) is 4.90 Å². The summed E-state index contributed by atoms with van der Waals surface area (Å²) in [6.45, 7) is 2.08. The molecule has 2 rings (SSSR count). The first-order chi connectivity index (χ1) is 11.1. The first-order valence-corrected chi connectivity index (χ1v) is 8.23. The number of carbonyl (C=O) groups is 1. The molecular weight excluding hydrogens is 294 g/mol. The zero-order valence-corrected chi connectivity index (χ0v) is 13.8. The van der Waals surface area contributed by atoms with Crippen molar-refractivity contribution in [1.29, 1.82) is 0 Å². The highest BCUT2D eigenvalue weighted by atomic mass is 16.5. The summed E-state index contributed by atoms with van der Waals surface area (Å²) in [5.74, 6) is -0.00115. The van der Waals surface area contributed by atoms with E-state index in [2.05, 4.69) is 0 Å². The summed E-state index contributed by atoms with van der Waals surface area (Å²) in [4.78, 5) is 14.5. The lowest BCUT2D eigenvalue weighted by molar-refractivity contribution is 0.0180. The molecule has 0 aliphatic carbocycles. The van der Waals surface area contributed by atoms with Crippen LogP contribution in [0.5, 0.6) is 0 Å². The molecule has 2 N–H and O–H groups in total. The zero-order chi connectivity index (χ0) is 16.7. The minimum Gasteiger partial charge on any atom is -0.396 e. The predicted octanol–water partition coefficient (Wildman–Crippen LogP) is 1.82. The maximum absolute atomic E-state index is 12.7. The predicted molar refractivity (Wildman–Crippen MR) is 88.1 cm³/mol. The van der Waals surface area contributed by atoms with Gasteiger partial charge in [0.25, 0.3) is 5.91 Å². The van der Waals surface area contributed by atoms with Crippen molar-refractivity contribution in [2.24, 2.45) is 5.41 Å². The number of rotatable bonds is 7. The minimum atomic E-state index is -0.211. The molecule has 0 bridgehead atoms. The van der Waals surface area contributed by atoms with Gasteiger partial charge in [-0.25, -0.2) is 0 Å². The monoisotopic (exact) mass is 321 g/mol. The molecule has 1 aromatic rings. The Hall–Kier alpha value is -1.43. The van der Waals surface area contributed by atoms with Crippen molar-refractivity contribution in [3.63, 3.8) is 0 Å². The second-order valence-corrected chi connectivity index (χ2v) is 6.44. The molecule has 0 saturated carbocycles. The molecule has 1 fully saturated rings. The van der Waals surface area contributed by atoms with Gasteiger partial charge >= 0.3 is 0 Å². The molecule has 0 unspecified atom stereocenters. The van der Waals surface area contributed by atoms with Crippen molar-refractivity contribution in [3.05, 3.63) is 35.4 Å². The summed E-state index contributed by atoms with van der Waals surface area (Å²) in [6, 6.07) is 7.06. The number of aliphatic hydroxyl groups is 2. The summed E-state index contributed by atoms with van der Waals surface area (Å²) in [6.07, 6.45) is 3.61. The van der Waals surface area contributed by atoms with Crippen LogP contribution in [0.2, 0.25) is 0 Å². The number of ether oxygens (including phenoxy) is 1. The Balaban J connectivity index is 2.04. The molecule has 1 aliphatic heterocycles. The quantitative estimate of drug-likeness (QED) is 0.752. The van der Waals surface area contributed by atoms with Crippen LogP contribution in [0.4, 0.5) is 0 Å². The lowest BCUT2D eigenvalue weighted by atomic mass is 9.77. The van der Waals surface area contributed by atoms with E-state index >= 15 is 0 Å². The van der Waals surface area contributed by atoms with Gasteiger partial charge in [-0.15, -0.1) is 0 Å². The number of aliphatic hydroxyl groups excluding tert-OH is 2. The Morgan fingerprint density at radius 1 is 1.30 bits per heavy atom. The van der Waals surface area contributed by atoms with Gasteiger partial charge in [-0.3, -0.25) is 4.79 Å². The Kier molecular flexibility index (Phi) is 6.57. The smallest absolute Gasteiger partial charge is 0.253 e. The number of carbonyl (C=O) groups excluding carboxylic acids is 1. The van der Waals surface area contributed by atoms with Crippen LogP contribution >= 0.6 is 0 Å². The van der Waals surface area contributed by atoms with Crippen LogP contribution in [0.25, 0.3) is 0 Å². The number of piperidine rings is 1. The molecule has 1 amide bonds.